The molecule has 0 aliphatic rings. The van der Waals surface area contributed by atoms with E-state index < -0.39 is 12.0 Å². The highest BCUT2D eigenvalue weighted by molar-refractivity contribution is 7.98. The number of hydrogen-bond acceptors (Lipinski definition) is 4. The number of hydrogen-bond donors (Lipinski definition) is 1. The van der Waals surface area contributed by atoms with Crippen LogP contribution in [0.2, 0.25) is 0 Å². The van der Waals surface area contributed by atoms with E-state index in [4.69, 9.17) is 0 Å². The number of rotatable bonds is 6. The number of fused-ring (bicyclic) bond motifs is 1. The fraction of sp³-hybridized carbons (Fsp3) is 0.235. The van der Waals surface area contributed by atoms with E-state index in [1.807, 2.05) is 13.0 Å². The molecule has 1 N–H and O–H groups in total. The number of carboxylic acid groups (broad SMARTS) is 1. The fourth-order valence-corrected chi connectivity index (χ4v) is 3.49. The molecule has 0 bridgehead atoms. The average Bonchev–Trinajstić information content (AvgIpc) is 2.93. The minimum Gasteiger partial charge on any atom is -0.480 e. The van der Waals surface area contributed by atoms with Gasteiger partial charge in [-0.25, -0.2) is 19.2 Å². The topological polar surface area (TPSA) is 68.0 Å². The van der Waals surface area contributed by atoms with Gasteiger partial charge in [0.2, 0.25) is 0 Å². The van der Waals surface area contributed by atoms with Gasteiger partial charge in [0.25, 0.3) is 0 Å². The third-order valence-corrected chi connectivity index (χ3v) is 4.70. The number of benzene rings is 1. The first kappa shape index (κ1) is 16.4. The zero-order valence-corrected chi connectivity index (χ0v) is 13.8. The molecule has 0 radical (unpaired) electrons. The molecule has 0 aliphatic carbocycles. The molecular weight excluding hydrogens is 329 g/mol. The van der Waals surface area contributed by atoms with Crippen LogP contribution in [0.1, 0.15) is 24.9 Å². The largest absolute Gasteiger partial charge is 0.480 e. The number of imidazole rings is 1. The van der Waals surface area contributed by atoms with Crippen molar-refractivity contribution in [3.8, 4) is 0 Å². The van der Waals surface area contributed by atoms with Crippen molar-refractivity contribution in [3.05, 3.63) is 54.0 Å². The summed E-state index contributed by atoms with van der Waals surface area (Å²) in [5.41, 5.74) is 2.17. The Labute approximate surface area is 142 Å². The molecular formula is C17H16FN3O2S. The van der Waals surface area contributed by atoms with Crippen LogP contribution >= 0.6 is 11.8 Å². The van der Waals surface area contributed by atoms with Crippen molar-refractivity contribution in [1.29, 1.82) is 0 Å². The zero-order chi connectivity index (χ0) is 17.1. The lowest BCUT2D eigenvalue weighted by atomic mass is 10.2. The van der Waals surface area contributed by atoms with E-state index >= 15 is 0 Å². The summed E-state index contributed by atoms with van der Waals surface area (Å²) >= 11 is 1.42. The monoisotopic (exact) mass is 345 g/mol. The Bertz CT molecular complexity index is 864. The molecule has 24 heavy (non-hydrogen) atoms. The summed E-state index contributed by atoms with van der Waals surface area (Å²) in [5, 5.41) is 10.1. The first-order valence-electron chi connectivity index (χ1n) is 7.53. The Morgan fingerprint density at radius 2 is 2.08 bits per heavy atom. The minimum absolute atomic E-state index is 0.280. The van der Waals surface area contributed by atoms with Crippen LogP contribution in [0.4, 0.5) is 4.39 Å². The van der Waals surface area contributed by atoms with Crippen molar-refractivity contribution in [2.45, 2.75) is 30.3 Å². The number of halogens is 1. The molecule has 0 amide bonds. The van der Waals surface area contributed by atoms with E-state index in [1.54, 1.807) is 29.0 Å². The van der Waals surface area contributed by atoms with Crippen LogP contribution in [-0.4, -0.2) is 25.6 Å². The SMILES string of the molecule is CCC(C(=O)O)n1c(SCc2ccc(F)cc2)nc2cccnc21. The van der Waals surface area contributed by atoms with E-state index in [2.05, 4.69) is 9.97 Å². The van der Waals surface area contributed by atoms with Gasteiger partial charge in [-0.05, 0) is 36.2 Å². The third kappa shape index (κ3) is 3.26. The Morgan fingerprint density at radius 1 is 1.33 bits per heavy atom. The van der Waals surface area contributed by atoms with Crippen LogP contribution in [0.5, 0.6) is 0 Å². The van der Waals surface area contributed by atoms with Gasteiger partial charge in [-0.2, -0.15) is 0 Å². The number of pyridine rings is 1. The van der Waals surface area contributed by atoms with Crippen LogP contribution < -0.4 is 0 Å². The molecule has 2 heterocycles. The van der Waals surface area contributed by atoms with E-state index in [-0.39, 0.29) is 5.82 Å². The van der Waals surface area contributed by atoms with Crippen LogP contribution in [0.25, 0.3) is 11.2 Å². The van der Waals surface area contributed by atoms with Gasteiger partial charge in [0.1, 0.15) is 17.4 Å². The quantitative estimate of drug-likeness (QED) is 0.686. The van der Waals surface area contributed by atoms with Gasteiger partial charge in [-0.1, -0.05) is 30.8 Å². The number of carboxylic acids is 1. The summed E-state index contributed by atoms with van der Waals surface area (Å²) in [4.78, 5) is 20.4. The standard InChI is InChI=1S/C17H16FN3O2S/c1-2-14(16(22)23)21-15-13(4-3-9-19-15)20-17(21)24-10-11-5-7-12(18)8-6-11/h3-9,14H,2,10H2,1H3,(H,22,23). The van der Waals surface area contributed by atoms with Gasteiger partial charge in [0.15, 0.2) is 10.8 Å². The van der Waals surface area contributed by atoms with Crippen LogP contribution in [0.3, 0.4) is 0 Å². The summed E-state index contributed by atoms with van der Waals surface area (Å²) in [6.07, 6.45) is 2.06. The van der Waals surface area contributed by atoms with Gasteiger partial charge < -0.3 is 5.11 Å². The summed E-state index contributed by atoms with van der Waals surface area (Å²) in [6.45, 7) is 1.82. The Balaban J connectivity index is 1.97. The number of carbonyl (C=O) groups is 1. The molecule has 2 aromatic heterocycles. The second-order valence-corrected chi connectivity index (χ2v) is 6.23. The molecule has 3 aromatic rings. The van der Waals surface area contributed by atoms with Gasteiger partial charge in [0, 0.05) is 11.9 Å². The van der Waals surface area contributed by atoms with Crippen molar-refractivity contribution in [2.75, 3.05) is 0 Å². The number of aromatic nitrogens is 3. The van der Waals surface area contributed by atoms with Crippen molar-refractivity contribution in [2.24, 2.45) is 0 Å². The first-order valence-corrected chi connectivity index (χ1v) is 8.51. The molecule has 0 saturated heterocycles. The van der Waals surface area contributed by atoms with Gasteiger partial charge in [-0.15, -0.1) is 0 Å². The van der Waals surface area contributed by atoms with Crippen LogP contribution in [0.15, 0.2) is 47.8 Å². The molecule has 5 nitrogen and oxygen atoms in total. The molecule has 0 spiro atoms. The van der Waals surface area contributed by atoms with E-state index in [1.165, 1.54) is 23.9 Å². The highest BCUT2D eigenvalue weighted by Gasteiger charge is 2.24. The summed E-state index contributed by atoms with van der Waals surface area (Å²) in [5.74, 6) is -0.622. The van der Waals surface area contributed by atoms with Crippen molar-refractivity contribution in [1.82, 2.24) is 14.5 Å². The highest BCUT2D eigenvalue weighted by atomic mass is 32.2. The molecule has 0 aliphatic heterocycles. The van der Waals surface area contributed by atoms with Gasteiger partial charge in [0.05, 0.1) is 0 Å². The zero-order valence-electron chi connectivity index (χ0n) is 13.0. The van der Waals surface area contributed by atoms with E-state index in [9.17, 15) is 14.3 Å². The van der Waals surface area contributed by atoms with Crippen molar-refractivity contribution < 1.29 is 14.3 Å². The second-order valence-electron chi connectivity index (χ2n) is 5.29. The Hall–Kier alpha value is -2.41. The summed E-state index contributed by atoms with van der Waals surface area (Å²) < 4.78 is 14.7. The lowest BCUT2D eigenvalue weighted by Crippen LogP contribution is -2.19. The first-order chi connectivity index (χ1) is 11.6. The maximum atomic E-state index is 13.0. The average molecular weight is 345 g/mol. The van der Waals surface area contributed by atoms with Gasteiger partial charge in [-0.3, -0.25) is 4.57 Å². The normalized spacial score (nSPS) is 12.4. The fourth-order valence-electron chi connectivity index (χ4n) is 2.49. The van der Waals surface area contributed by atoms with E-state index in [0.717, 1.165) is 5.56 Å². The molecule has 3 rings (SSSR count). The number of aliphatic carboxylic acids is 1. The maximum Gasteiger partial charge on any atom is 0.326 e. The lowest BCUT2D eigenvalue weighted by molar-refractivity contribution is -0.141. The molecule has 7 heteroatoms. The molecule has 1 unspecified atom stereocenters. The van der Waals surface area contributed by atoms with Crippen LogP contribution in [-0.2, 0) is 10.5 Å². The second kappa shape index (κ2) is 7.00. The van der Waals surface area contributed by atoms with E-state index in [0.29, 0.717) is 28.5 Å². The lowest BCUT2D eigenvalue weighted by Gasteiger charge is -2.15. The van der Waals surface area contributed by atoms with Crippen molar-refractivity contribution in [3.63, 3.8) is 0 Å². The third-order valence-electron chi connectivity index (χ3n) is 3.68. The highest BCUT2D eigenvalue weighted by Crippen LogP contribution is 2.30. The molecule has 1 atom stereocenters. The predicted octanol–water partition coefficient (Wildman–Crippen LogP) is 3.90. The maximum absolute atomic E-state index is 13.0. The molecule has 1 aromatic carbocycles. The molecule has 0 fully saturated rings. The summed E-state index contributed by atoms with van der Waals surface area (Å²) in [6, 6.07) is 9.11. The Morgan fingerprint density at radius 3 is 2.75 bits per heavy atom. The number of thioether (sulfide) groups is 1. The van der Waals surface area contributed by atoms with Gasteiger partial charge >= 0.3 is 5.97 Å². The van der Waals surface area contributed by atoms with Crippen molar-refractivity contribution >= 4 is 28.9 Å². The minimum atomic E-state index is -0.911. The number of nitrogens with zero attached hydrogens (tertiary/aromatic N) is 3. The molecule has 124 valence electrons. The smallest absolute Gasteiger partial charge is 0.326 e. The van der Waals surface area contributed by atoms with Crippen LogP contribution in [0, 0.1) is 5.82 Å². The summed E-state index contributed by atoms with van der Waals surface area (Å²) in [7, 11) is 0. The Kier molecular flexibility index (Phi) is 4.80. The molecule has 0 saturated carbocycles. The predicted molar refractivity (Wildman–Crippen MR) is 90.5 cm³/mol.